The molecule has 0 aliphatic heterocycles. The highest BCUT2D eigenvalue weighted by atomic mass is 31.1. The molecule has 2 rings (SSSR count). The molecule has 0 amide bonds. The van der Waals surface area contributed by atoms with Crippen LogP contribution in [-0.4, -0.2) is 0 Å². The lowest BCUT2D eigenvalue weighted by atomic mass is 10.2. The zero-order valence-corrected chi connectivity index (χ0v) is 10.5. The van der Waals surface area contributed by atoms with Crippen LogP contribution in [0.5, 0.6) is 5.75 Å². The van der Waals surface area contributed by atoms with E-state index in [0.717, 1.165) is 5.75 Å². The highest BCUT2D eigenvalue weighted by Gasteiger charge is 1.95. The number of hydrogen-bond acceptors (Lipinski definition) is 1. The van der Waals surface area contributed by atoms with Crippen molar-refractivity contribution in [2.45, 2.75) is 13.8 Å². The van der Waals surface area contributed by atoms with Gasteiger partial charge in [0.25, 0.3) is 0 Å². The van der Waals surface area contributed by atoms with Gasteiger partial charge in [0.2, 0.25) is 0 Å². The fourth-order valence-electron chi connectivity index (χ4n) is 1.35. The van der Waals surface area contributed by atoms with Crippen molar-refractivity contribution in [3.8, 4) is 5.75 Å². The second-order valence-corrected chi connectivity index (χ2v) is 4.87. The molecule has 0 N–H and O–H groups in total. The van der Waals surface area contributed by atoms with Crippen molar-refractivity contribution in [3.05, 3.63) is 59.7 Å². The zero-order chi connectivity index (χ0) is 11.4. The molecule has 1 atom stereocenters. The van der Waals surface area contributed by atoms with E-state index in [1.165, 1.54) is 16.4 Å². The average molecular weight is 230 g/mol. The van der Waals surface area contributed by atoms with Crippen molar-refractivity contribution in [3.63, 3.8) is 0 Å². The average Bonchev–Trinajstić information content (AvgIpc) is 2.30. The van der Waals surface area contributed by atoms with Gasteiger partial charge in [0.1, 0.15) is 14.6 Å². The van der Waals surface area contributed by atoms with Crippen LogP contribution in [-0.2, 0) is 0 Å². The van der Waals surface area contributed by atoms with Crippen molar-refractivity contribution in [1.29, 1.82) is 0 Å². The van der Waals surface area contributed by atoms with Gasteiger partial charge in [0, 0.05) is 5.30 Å². The van der Waals surface area contributed by atoms with Crippen LogP contribution < -0.4 is 9.83 Å². The third-order valence-electron chi connectivity index (χ3n) is 2.36. The Morgan fingerprint density at radius 1 is 0.750 bits per heavy atom. The van der Waals surface area contributed by atoms with E-state index in [-0.39, 0.29) is 0 Å². The Kier molecular flexibility index (Phi) is 3.58. The second-order valence-electron chi connectivity index (χ2n) is 3.88. The van der Waals surface area contributed by atoms with Crippen molar-refractivity contribution in [2.24, 2.45) is 0 Å². The predicted molar refractivity (Wildman–Crippen MR) is 70.9 cm³/mol. The lowest BCUT2D eigenvalue weighted by Gasteiger charge is -2.06. The molecule has 0 radical (unpaired) electrons. The van der Waals surface area contributed by atoms with Crippen LogP contribution in [0.3, 0.4) is 0 Å². The first-order valence-corrected chi connectivity index (χ1v) is 6.21. The standard InChI is InChI=1S/C14H15OP/c1-11-3-7-13(8-4-11)15-16-14-9-5-12(2)6-10-14/h3-10,16H,1-2H3. The molecule has 0 saturated heterocycles. The molecule has 2 aromatic rings. The Morgan fingerprint density at radius 3 is 1.81 bits per heavy atom. The van der Waals surface area contributed by atoms with Crippen LogP contribution >= 0.6 is 8.81 Å². The maximum atomic E-state index is 5.71. The van der Waals surface area contributed by atoms with E-state index >= 15 is 0 Å². The van der Waals surface area contributed by atoms with Crippen LogP contribution in [0.1, 0.15) is 11.1 Å². The van der Waals surface area contributed by atoms with Crippen LogP contribution in [0.25, 0.3) is 0 Å². The summed E-state index contributed by atoms with van der Waals surface area (Å²) in [6.07, 6.45) is 0. The van der Waals surface area contributed by atoms with E-state index in [1.54, 1.807) is 0 Å². The van der Waals surface area contributed by atoms with Crippen molar-refractivity contribution >= 4 is 14.1 Å². The Balaban J connectivity index is 1.97. The molecule has 0 fully saturated rings. The van der Waals surface area contributed by atoms with Gasteiger partial charge in [-0.15, -0.1) is 0 Å². The Hall–Kier alpha value is -1.33. The number of aryl methyl sites for hydroxylation is 2. The highest BCUT2D eigenvalue weighted by molar-refractivity contribution is 7.42. The summed E-state index contributed by atoms with van der Waals surface area (Å²) in [6, 6.07) is 16.6. The molecule has 0 aromatic heterocycles. The minimum Gasteiger partial charge on any atom is -0.472 e. The maximum Gasteiger partial charge on any atom is 0.123 e. The first kappa shape index (κ1) is 11.2. The SMILES string of the molecule is Cc1ccc(OPc2ccc(C)cc2)cc1. The summed E-state index contributed by atoms with van der Waals surface area (Å²) in [5.41, 5.74) is 2.54. The van der Waals surface area contributed by atoms with E-state index < -0.39 is 0 Å². The number of hydrogen-bond donors (Lipinski definition) is 0. The van der Waals surface area contributed by atoms with E-state index in [0.29, 0.717) is 8.81 Å². The second kappa shape index (κ2) is 5.14. The first-order valence-electron chi connectivity index (χ1n) is 5.30. The molecule has 1 unspecified atom stereocenters. The minimum absolute atomic E-state index is 0.375. The normalized spacial score (nSPS) is 10.9. The van der Waals surface area contributed by atoms with Crippen molar-refractivity contribution in [1.82, 2.24) is 0 Å². The molecular formula is C14H15OP. The van der Waals surface area contributed by atoms with Crippen LogP contribution in [0.15, 0.2) is 48.5 Å². The molecule has 0 bridgehead atoms. The Labute approximate surface area is 98.3 Å². The van der Waals surface area contributed by atoms with Gasteiger partial charge in [-0.05, 0) is 26.0 Å². The third-order valence-corrected chi connectivity index (χ3v) is 3.27. The zero-order valence-electron chi connectivity index (χ0n) is 9.53. The molecule has 16 heavy (non-hydrogen) atoms. The van der Waals surface area contributed by atoms with E-state index in [9.17, 15) is 0 Å². The van der Waals surface area contributed by atoms with E-state index in [2.05, 4.69) is 50.2 Å². The predicted octanol–water partition coefficient (Wildman–Crippen LogP) is 3.60. The molecule has 0 spiro atoms. The molecule has 2 heteroatoms. The summed E-state index contributed by atoms with van der Waals surface area (Å²) in [6.45, 7) is 4.17. The quantitative estimate of drug-likeness (QED) is 0.732. The van der Waals surface area contributed by atoms with Gasteiger partial charge in [-0.2, -0.15) is 0 Å². The summed E-state index contributed by atoms with van der Waals surface area (Å²) >= 11 is 0. The topological polar surface area (TPSA) is 9.23 Å². The Morgan fingerprint density at radius 2 is 1.25 bits per heavy atom. The van der Waals surface area contributed by atoms with Gasteiger partial charge in [-0.1, -0.05) is 47.5 Å². The first-order chi connectivity index (χ1) is 7.74. The van der Waals surface area contributed by atoms with Gasteiger partial charge in [0.15, 0.2) is 0 Å². The Bertz CT molecular complexity index is 400. The van der Waals surface area contributed by atoms with Crippen LogP contribution in [0, 0.1) is 13.8 Å². The molecule has 0 aliphatic carbocycles. The summed E-state index contributed by atoms with van der Waals surface area (Å²) in [5, 5.41) is 1.23. The molecule has 0 saturated carbocycles. The van der Waals surface area contributed by atoms with Gasteiger partial charge >= 0.3 is 0 Å². The van der Waals surface area contributed by atoms with Crippen LogP contribution in [0.2, 0.25) is 0 Å². The number of rotatable bonds is 3. The molecular weight excluding hydrogens is 215 g/mol. The molecule has 2 aromatic carbocycles. The third kappa shape index (κ3) is 3.08. The number of benzene rings is 2. The van der Waals surface area contributed by atoms with E-state index in [1.807, 2.05) is 12.1 Å². The smallest absolute Gasteiger partial charge is 0.123 e. The highest BCUT2D eigenvalue weighted by Crippen LogP contribution is 2.20. The molecule has 0 heterocycles. The minimum atomic E-state index is 0.375. The van der Waals surface area contributed by atoms with E-state index in [4.69, 9.17) is 4.52 Å². The molecule has 1 nitrogen and oxygen atoms in total. The van der Waals surface area contributed by atoms with Gasteiger partial charge < -0.3 is 4.52 Å². The fourth-order valence-corrected chi connectivity index (χ4v) is 2.02. The maximum absolute atomic E-state index is 5.71. The van der Waals surface area contributed by atoms with Gasteiger partial charge in [-0.3, -0.25) is 0 Å². The summed E-state index contributed by atoms with van der Waals surface area (Å²) < 4.78 is 5.71. The lowest BCUT2D eigenvalue weighted by Crippen LogP contribution is -1.95. The summed E-state index contributed by atoms with van der Waals surface area (Å²) in [7, 11) is 0.375. The lowest BCUT2D eigenvalue weighted by molar-refractivity contribution is 0.638. The van der Waals surface area contributed by atoms with Crippen molar-refractivity contribution in [2.75, 3.05) is 0 Å². The summed E-state index contributed by atoms with van der Waals surface area (Å²) in [4.78, 5) is 0. The summed E-state index contributed by atoms with van der Waals surface area (Å²) in [5.74, 6) is 0.935. The largest absolute Gasteiger partial charge is 0.472 e. The molecule has 0 aliphatic rings. The van der Waals surface area contributed by atoms with Crippen molar-refractivity contribution < 1.29 is 4.52 Å². The monoisotopic (exact) mass is 230 g/mol. The fraction of sp³-hybridized carbons (Fsp3) is 0.143. The van der Waals surface area contributed by atoms with Gasteiger partial charge in [-0.25, -0.2) is 0 Å². The molecule has 82 valence electrons. The van der Waals surface area contributed by atoms with Crippen LogP contribution in [0.4, 0.5) is 0 Å². The van der Waals surface area contributed by atoms with Gasteiger partial charge in [0.05, 0.1) is 0 Å².